The Balaban J connectivity index is 1.67. The molecule has 7 atom stereocenters. The van der Waals surface area contributed by atoms with Crippen LogP contribution in [0.3, 0.4) is 0 Å². The minimum Gasteiger partial charge on any atom is -0.298 e. The highest BCUT2D eigenvalue weighted by molar-refractivity contribution is 9.10. The fourth-order valence-electron chi connectivity index (χ4n) is 7.04. The predicted octanol–water partition coefficient (Wildman–Crippen LogP) is 5.36. The van der Waals surface area contributed by atoms with E-state index in [4.69, 9.17) is 0 Å². The summed E-state index contributed by atoms with van der Waals surface area (Å²) in [5.41, 5.74) is 0.586. The topological polar surface area (TPSA) is 17.1 Å². The highest BCUT2D eigenvalue weighted by atomic mass is 79.9. The van der Waals surface area contributed by atoms with E-state index in [1.807, 2.05) is 0 Å². The summed E-state index contributed by atoms with van der Waals surface area (Å²) in [6.45, 7) is 4.89. The van der Waals surface area contributed by atoms with Gasteiger partial charge in [-0.05, 0) is 74.0 Å². The first-order chi connectivity index (χ1) is 9.97. The Morgan fingerprint density at radius 2 is 1.81 bits per heavy atom. The minimum atomic E-state index is -0.00675. The Morgan fingerprint density at radius 3 is 2.62 bits per heavy atom. The van der Waals surface area contributed by atoms with E-state index in [9.17, 15) is 4.79 Å². The minimum absolute atomic E-state index is 0.00675. The molecule has 2 heteroatoms. The number of Topliss-reactive ketones (excluding diaryl/α,β-unsaturated/α-hetero) is 1. The van der Waals surface area contributed by atoms with Crippen LogP contribution in [-0.4, -0.2) is 10.6 Å². The third-order valence-corrected chi connectivity index (χ3v) is 9.07. The van der Waals surface area contributed by atoms with Gasteiger partial charge >= 0.3 is 0 Å². The van der Waals surface area contributed by atoms with E-state index in [-0.39, 0.29) is 10.2 Å². The van der Waals surface area contributed by atoms with E-state index in [0.29, 0.717) is 17.1 Å². The molecule has 0 amide bonds. The summed E-state index contributed by atoms with van der Waals surface area (Å²) in [6.07, 6.45) is 12.2. The van der Waals surface area contributed by atoms with Crippen molar-refractivity contribution in [1.29, 1.82) is 0 Å². The van der Waals surface area contributed by atoms with Gasteiger partial charge in [-0.15, -0.1) is 0 Å². The first kappa shape index (κ1) is 14.7. The molecule has 0 N–H and O–H groups in total. The Morgan fingerprint density at radius 1 is 1.00 bits per heavy atom. The molecule has 0 aromatic heterocycles. The summed E-state index contributed by atoms with van der Waals surface area (Å²) < 4.78 is 0. The molecule has 4 saturated carbocycles. The van der Waals surface area contributed by atoms with Crippen LogP contribution in [0.2, 0.25) is 0 Å². The van der Waals surface area contributed by atoms with Crippen LogP contribution >= 0.6 is 15.9 Å². The summed E-state index contributed by atoms with van der Waals surface area (Å²) in [5.74, 6) is 3.89. The first-order valence-corrected chi connectivity index (χ1v) is 10.1. The summed E-state index contributed by atoms with van der Waals surface area (Å²) in [6, 6.07) is 0. The molecular formula is C19H29BrO. The lowest BCUT2D eigenvalue weighted by atomic mass is 9.45. The van der Waals surface area contributed by atoms with Crippen molar-refractivity contribution >= 4 is 21.7 Å². The molecule has 0 saturated heterocycles. The van der Waals surface area contributed by atoms with Crippen LogP contribution in [0.5, 0.6) is 0 Å². The number of ketones is 1. The average molecular weight is 353 g/mol. The number of halogens is 1. The molecule has 0 spiro atoms. The quantitative estimate of drug-likeness (QED) is 0.536. The number of carbonyl (C=O) groups is 1. The molecule has 0 aromatic carbocycles. The normalized spacial score (nSPS) is 56.5. The molecule has 4 aliphatic rings. The molecule has 0 radical (unpaired) electrons. The molecule has 0 unspecified atom stereocenters. The summed E-state index contributed by atoms with van der Waals surface area (Å²) >= 11 is 3.68. The first-order valence-electron chi connectivity index (χ1n) is 9.15. The zero-order valence-electron chi connectivity index (χ0n) is 13.5. The van der Waals surface area contributed by atoms with Crippen LogP contribution < -0.4 is 0 Å². The number of hydrogen-bond donors (Lipinski definition) is 0. The van der Waals surface area contributed by atoms with Gasteiger partial charge < -0.3 is 0 Å². The lowest BCUT2D eigenvalue weighted by Crippen LogP contribution is -2.52. The van der Waals surface area contributed by atoms with Crippen molar-refractivity contribution in [2.24, 2.45) is 34.5 Å². The van der Waals surface area contributed by atoms with Crippen LogP contribution in [0.1, 0.15) is 71.6 Å². The van der Waals surface area contributed by atoms with Gasteiger partial charge in [-0.3, -0.25) is 4.79 Å². The molecule has 0 heterocycles. The summed E-state index contributed by atoms with van der Waals surface area (Å²) in [7, 11) is 0. The molecular weight excluding hydrogens is 324 g/mol. The maximum Gasteiger partial charge on any atom is 0.152 e. The predicted molar refractivity (Wildman–Crippen MR) is 89.4 cm³/mol. The molecule has 0 bridgehead atoms. The monoisotopic (exact) mass is 352 g/mol. The molecule has 0 aromatic rings. The van der Waals surface area contributed by atoms with Gasteiger partial charge in [0, 0.05) is 5.41 Å². The fraction of sp³-hybridized carbons (Fsp3) is 0.947. The molecule has 1 nitrogen and oxygen atoms in total. The van der Waals surface area contributed by atoms with E-state index in [2.05, 4.69) is 29.8 Å². The smallest absolute Gasteiger partial charge is 0.152 e. The summed E-state index contributed by atoms with van der Waals surface area (Å²) in [4.78, 5) is 12.8. The van der Waals surface area contributed by atoms with Gasteiger partial charge in [0.2, 0.25) is 0 Å². The van der Waals surface area contributed by atoms with Crippen molar-refractivity contribution in [3.63, 3.8) is 0 Å². The Labute approximate surface area is 137 Å². The number of carbonyl (C=O) groups excluding carboxylic acids is 1. The highest BCUT2D eigenvalue weighted by Crippen LogP contribution is 2.65. The van der Waals surface area contributed by atoms with Crippen molar-refractivity contribution in [3.8, 4) is 0 Å². The second-order valence-electron chi connectivity index (χ2n) is 8.93. The van der Waals surface area contributed by atoms with Crippen molar-refractivity contribution < 1.29 is 4.79 Å². The number of rotatable bonds is 0. The second-order valence-corrected chi connectivity index (χ2v) is 10.0. The van der Waals surface area contributed by atoms with Gasteiger partial charge in [0.05, 0.1) is 4.83 Å². The third kappa shape index (κ3) is 1.90. The van der Waals surface area contributed by atoms with Gasteiger partial charge in [-0.25, -0.2) is 0 Å². The van der Waals surface area contributed by atoms with Crippen molar-refractivity contribution in [2.45, 2.75) is 76.5 Å². The van der Waals surface area contributed by atoms with E-state index < -0.39 is 0 Å². The second kappa shape index (κ2) is 4.82. The van der Waals surface area contributed by atoms with Crippen LogP contribution in [0.25, 0.3) is 0 Å². The molecule has 118 valence electrons. The van der Waals surface area contributed by atoms with E-state index in [0.717, 1.165) is 30.6 Å². The van der Waals surface area contributed by atoms with Crippen LogP contribution in [0, 0.1) is 34.5 Å². The van der Waals surface area contributed by atoms with Crippen LogP contribution in [0.15, 0.2) is 0 Å². The summed E-state index contributed by atoms with van der Waals surface area (Å²) in [5, 5.41) is 0. The zero-order valence-corrected chi connectivity index (χ0v) is 15.1. The van der Waals surface area contributed by atoms with Gasteiger partial charge in [-0.1, -0.05) is 42.6 Å². The fourth-order valence-corrected chi connectivity index (χ4v) is 7.97. The van der Waals surface area contributed by atoms with Gasteiger partial charge in [-0.2, -0.15) is 0 Å². The Kier molecular flexibility index (Phi) is 3.38. The van der Waals surface area contributed by atoms with Crippen LogP contribution in [0.4, 0.5) is 0 Å². The van der Waals surface area contributed by atoms with Crippen LogP contribution in [-0.2, 0) is 4.79 Å². The Hall–Kier alpha value is 0.150. The molecule has 21 heavy (non-hydrogen) atoms. The number of alkyl halides is 1. The molecule has 4 fully saturated rings. The van der Waals surface area contributed by atoms with E-state index in [1.54, 1.807) is 0 Å². The van der Waals surface area contributed by atoms with Gasteiger partial charge in [0.1, 0.15) is 0 Å². The molecule has 4 rings (SSSR count). The number of hydrogen-bond acceptors (Lipinski definition) is 1. The average Bonchev–Trinajstić information content (AvgIpc) is 2.70. The van der Waals surface area contributed by atoms with E-state index >= 15 is 0 Å². The largest absolute Gasteiger partial charge is 0.298 e. The van der Waals surface area contributed by atoms with Gasteiger partial charge in [0.25, 0.3) is 0 Å². The van der Waals surface area contributed by atoms with Crippen molar-refractivity contribution in [2.75, 3.05) is 0 Å². The highest BCUT2D eigenvalue weighted by Gasteiger charge is 2.61. The molecule has 4 aliphatic carbocycles. The maximum atomic E-state index is 12.7. The SMILES string of the molecule is C[C@]12CCCC[C@@H]1CC[C@@H]1[C@@H]2CC[C@]2(C)C(=O)[C@H](Br)C[C@@H]12. The number of fused-ring (bicyclic) bond motifs is 5. The van der Waals surface area contributed by atoms with Crippen molar-refractivity contribution in [3.05, 3.63) is 0 Å². The lowest BCUT2D eigenvalue weighted by molar-refractivity contribution is -0.138. The van der Waals surface area contributed by atoms with E-state index in [1.165, 1.54) is 44.9 Å². The maximum absolute atomic E-state index is 12.7. The third-order valence-electron chi connectivity index (χ3n) is 8.28. The van der Waals surface area contributed by atoms with Crippen molar-refractivity contribution in [1.82, 2.24) is 0 Å². The molecule has 0 aliphatic heterocycles. The Bertz CT molecular complexity index is 460. The van der Waals surface area contributed by atoms with Gasteiger partial charge in [0.15, 0.2) is 5.78 Å². The lowest BCUT2D eigenvalue weighted by Gasteiger charge is -2.59. The standard InChI is InChI=1S/C19H29BrO/c1-18-9-4-3-5-12(18)6-7-13-14(18)8-10-19(2)15(13)11-16(20)17(19)21/h12-16H,3-11H2,1-2H3/t12-,13-,14+,15+,16-,18+,19+/m1/s1. The zero-order chi connectivity index (χ0) is 14.8.